The average Bonchev–Trinajstić information content (AvgIpc) is 3.02. The molecule has 29 heavy (non-hydrogen) atoms. The van der Waals surface area contributed by atoms with E-state index in [9.17, 15) is 4.79 Å². The highest BCUT2D eigenvalue weighted by Crippen LogP contribution is 2.24. The van der Waals surface area contributed by atoms with Gasteiger partial charge in [0.25, 0.3) is 5.91 Å². The lowest BCUT2D eigenvalue weighted by Crippen LogP contribution is -2.33. The first-order valence-corrected chi connectivity index (χ1v) is 10.8. The maximum Gasteiger partial charge on any atom is 0.255 e. The smallest absolute Gasteiger partial charge is 0.255 e. The van der Waals surface area contributed by atoms with Crippen molar-refractivity contribution < 1.29 is 4.79 Å². The van der Waals surface area contributed by atoms with Gasteiger partial charge in [0.05, 0.1) is 28.2 Å². The van der Waals surface area contributed by atoms with Gasteiger partial charge >= 0.3 is 0 Å². The summed E-state index contributed by atoms with van der Waals surface area (Å²) in [6, 6.07) is 12.9. The Bertz CT molecular complexity index is 997. The van der Waals surface area contributed by atoms with Crippen LogP contribution in [0.15, 0.2) is 42.5 Å². The molecular formula is C23H27Cl2N3O. The van der Waals surface area contributed by atoms with Crippen LogP contribution in [0.2, 0.25) is 10.0 Å². The molecule has 1 aromatic heterocycles. The van der Waals surface area contributed by atoms with Crippen molar-refractivity contribution in [2.24, 2.45) is 5.92 Å². The fourth-order valence-corrected chi connectivity index (χ4v) is 3.76. The van der Waals surface area contributed by atoms with Crippen LogP contribution >= 0.6 is 23.2 Å². The maximum absolute atomic E-state index is 13.3. The van der Waals surface area contributed by atoms with E-state index in [1.54, 1.807) is 12.1 Å². The normalized spacial score (nSPS) is 11.4. The number of rotatable bonds is 8. The molecule has 0 saturated carbocycles. The summed E-state index contributed by atoms with van der Waals surface area (Å²) >= 11 is 12.5. The van der Waals surface area contributed by atoms with Gasteiger partial charge in [-0.3, -0.25) is 4.79 Å². The number of aryl methyl sites for hydroxylation is 1. The topological polar surface area (TPSA) is 38.1 Å². The van der Waals surface area contributed by atoms with Crippen LogP contribution in [-0.2, 0) is 13.1 Å². The van der Waals surface area contributed by atoms with E-state index in [-0.39, 0.29) is 5.91 Å². The van der Waals surface area contributed by atoms with E-state index >= 15 is 0 Å². The van der Waals surface area contributed by atoms with Crippen LogP contribution < -0.4 is 0 Å². The predicted molar refractivity (Wildman–Crippen MR) is 121 cm³/mol. The molecule has 3 rings (SSSR count). The van der Waals surface area contributed by atoms with E-state index in [0.29, 0.717) is 34.6 Å². The first kappa shape index (κ1) is 21.7. The summed E-state index contributed by atoms with van der Waals surface area (Å²) in [5.41, 5.74) is 2.43. The molecule has 0 atom stereocenters. The first-order valence-electron chi connectivity index (χ1n) is 10.1. The molecule has 0 aliphatic heterocycles. The Morgan fingerprint density at radius 2 is 1.93 bits per heavy atom. The van der Waals surface area contributed by atoms with Crippen LogP contribution in [0, 0.1) is 5.92 Å². The van der Waals surface area contributed by atoms with E-state index in [4.69, 9.17) is 28.2 Å². The van der Waals surface area contributed by atoms with E-state index in [0.717, 1.165) is 36.2 Å². The molecule has 6 heteroatoms. The monoisotopic (exact) mass is 431 g/mol. The largest absolute Gasteiger partial charge is 0.331 e. The van der Waals surface area contributed by atoms with Gasteiger partial charge in [0.2, 0.25) is 0 Å². The number of imidazole rings is 1. The first-order chi connectivity index (χ1) is 13.9. The zero-order valence-corrected chi connectivity index (χ0v) is 18.7. The number of hydrogen-bond donors (Lipinski definition) is 0. The van der Waals surface area contributed by atoms with E-state index in [1.165, 1.54) is 0 Å². The molecule has 1 amide bonds. The standard InChI is InChI=1S/C23H27Cl2N3O/c1-4-12-28-21-14-17(24)9-10-20(21)26-22(28)15-27(13-11-16(2)3)23(29)18-7-5-6-8-19(18)25/h5-10,14,16H,4,11-13,15H2,1-3H3. The number of nitrogens with zero attached hydrogens (tertiary/aromatic N) is 3. The van der Waals surface area contributed by atoms with Crippen molar-refractivity contribution in [3.05, 3.63) is 63.9 Å². The number of carbonyl (C=O) groups excluding carboxylic acids is 1. The lowest BCUT2D eigenvalue weighted by Gasteiger charge is -2.24. The second-order valence-electron chi connectivity index (χ2n) is 7.70. The van der Waals surface area contributed by atoms with Gasteiger partial charge in [0, 0.05) is 18.1 Å². The Morgan fingerprint density at radius 1 is 1.17 bits per heavy atom. The SMILES string of the molecule is CCCn1c(CN(CCC(C)C)C(=O)c2ccccc2Cl)nc2ccc(Cl)cc21. The van der Waals surface area contributed by atoms with Crippen LogP contribution in [0.5, 0.6) is 0 Å². The van der Waals surface area contributed by atoms with Gasteiger partial charge in [-0.15, -0.1) is 0 Å². The van der Waals surface area contributed by atoms with Crippen LogP contribution in [0.4, 0.5) is 0 Å². The molecule has 0 radical (unpaired) electrons. The summed E-state index contributed by atoms with van der Waals surface area (Å²) < 4.78 is 2.17. The quantitative estimate of drug-likeness (QED) is 0.411. The lowest BCUT2D eigenvalue weighted by atomic mass is 10.1. The Balaban J connectivity index is 1.98. The van der Waals surface area contributed by atoms with E-state index in [2.05, 4.69) is 25.3 Å². The van der Waals surface area contributed by atoms with Crippen molar-refractivity contribution in [2.75, 3.05) is 6.54 Å². The molecule has 0 saturated heterocycles. The molecular weight excluding hydrogens is 405 g/mol. The highest BCUT2D eigenvalue weighted by atomic mass is 35.5. The Morgan fingerprint density at radius 3 is 2.62 bits per heavy atom. The van der Waals surface area contributed by atoms with Gasteiger partial charge in [-0.25, -0.2) is 4.98 Å². The molecule has 3 aromatic rings. The van der Waals surface area contributed by atoms with Gasteiger partial charge in [-0.2, -0.15) is 0 Å². The molecule has 0 N–H and O–H groups in total. The number of fused-ring (bicyclic) bond motifs is 1. The van der Waals surface area contributed by atoms with Crippen molar-refractivity contribution in [3.8, 4) is 0 Å². The summed E-state index contributed by atoms with van der Waals surface area (Å²) in [6.45, 7) is 8.36. The van der Waals surface area contributed by atoms with Crippen LogP contribution in [0.25, 0.3) is 11.0 Å². The lowest BCUT2D eigenvalue weighted by molar-refractivity contribution is 0.0729. The van der Waals surface area contributed by atoms with Gasteiger partial charge in [-0.05, 0) is 49.1 Å². The minimum Gasteiger partial charge on any atom is -0.331 e. The highest BCUT2D eigenvalue weighted by Gasteiger charge is 2.22. The van der Waals surface area contributed by atoms with Crippen molar-refractivity contribution in [1.29, 1.82) is 0 Å². The van der Waals surface area contributed by atoms with Gasteiger partial charge < -0.3 is 9.47 Å². The maximum atomic E-state index is 13.3. The fraction of sp³-hybridized carbons (Fsp3) is 0.391. The second kappa shape index (κ2) is 9.64. The van der Waals surface area contributed by atoms with Gasteiger partial charge in [0.15, 0.2) is 0 Å². The third kappa shape index (κ3) is 5.12. The Hall–Kier alpha value is -2.04. The summed E-state index contributed by atoms with van der Waals surface area (Å²) in [5.74, 6) is 1.29. The Labute approximate surface area is 182 Å². The number of carbonyl (C=O) groups is 1. The molecule has 154 valence electrons. The average molecular weight is 432 g/mol. The minimum absolute atomic E-state index is 0.0654. The number of aromatic nitrogens is 2. The zero-order valence-electron chi connectivity index (χ0n) is 17.2. The second-order valence-corrected chi connectivity index (χ2v) is 8.55. The summed E-state index contributed by atoms with van der Waals surface area (Å²) in [4.78, 5) is 20.0. The summed E-state index contributed by atoms with van der Waals surface area (Å²) in [6.07, 6.45) is 1.88. The van der Waals surface area contributed by atoms with Gasteiger partial charge in [-0.1, -0.05) is 56.1 Å². The number of hydrogen-bond acceptors (Lipinski definition) is 2. The molecule has 0 aliphatic rings. The molecule has 0 aliphatic carbocycles. The van der Waals surface area contributed by atoms with Crippen LogP contribution in [-0.4, -0.2) is 26.9 Å². The molecule has 0 bridgehead atoms. The third-order valence-corrected chi connectivity index (χ3v) is 5.50. The molecule has 0 fully saturated rings. The van der Waals surface area contributed by atoms with E-state index < -0.39 is 0 Å². The zero-order chi connectivity index (χ0) is 21.0. The van der Waals surface area contributed by atoms with E-state index in [1.807, 2.05) is 35.2 Å². The van der Waals surface area contributed by atoms with Crippen LogP contribution in [0.1, 0.15) is 49.8 Å². The number of amides is 1. The molecule has 0 spiro atoms. The fourth-order valence-electron chi connectivity index (χ4n) is 3.38. The predicted octanol–water partition coefficient (Wildman–Crippen LogP) is 6.44. The summed E-state index contributed by atoms with van der Waals surface area (Å²) in [7, 11) is 0. The molecule has 2 aromatic carbocycles. The third-order valence-electron chi connectivity index (χ3n) is 4.94. The van der Waals surface area contributed by atoms with Crippen molar-refractivity contribution in [3.63, 3.8) is 0 Å². The minimum atomic E-state index is -0.0654. The number of benzene rings is 2. The number of halogens is 2. The van der Waals surface area contributed by atoms with Crippen molar-refractivity contribution in [2.45, 2.75) is 46.7 Å². The Kier molecular flexibility index (Phi) is 7.20. The molecule has 0 unspecified atom stereocenters. The summed E-state index contributed by atoms with van der Waals surface area (Å²) in [5, 5.41) is 1.16. The molecule has 4 nitrogen and oxygen atoms in total. The molecule has 1 heterocycles. The van der Waals surface area contributed by atoms with Crippen molar-refractivity contribution >= 4 is 40.1 Å². The van der Waals surface area contributed by atoms with Crippen molar-refractivity contribution in [1.82, 2.24) is 14.5 Å². The van der Waals surface area contributed by atoms with Crippen LogP contribution in [0.3, 0.4) is 0 Å². The van der Waals surface area contributed by atoms with Gasteiger partial charge in [0.1, 0.15) is 5.82 Å². The highest BCUT2D eigenvalue weighted by molar-refractivity contribution is 6.33.